The smallest absolute Gasteiger partial charge is 0.251 e. The lowest BCUT2D eigenvalue weighted by molar-refractivity contribution is -0.129. The normalized spacial score (nSPS) is 17.0. The van der Waals surface area contributed by atoms with Crippen molar-refractivity contribution in [2.75, 3.05) is 39.8 Å². The number of hydrogen-bond acceptors (Lipinski definition) is 5. The molecule has 1 saturated heterocycles. The van der Waals surface area contributed by atoms with Gasteiger partial charge in [-0.25, -0.2) is 8.42 Å². The van der Waals surface area contributed by atoms with Crippen molar-refractivity contribution in [2.24, 2.45) is 0 Å². The predicted octanol–water partition coefficient (Wildman–Crippen LogP) is -0.123. The Balaban J connectivity index is 2.11. The first-order valence-electron chi connectivity index (χ1n) is 8.57. The molecule has 0 spiro atoms. The van der Waals surface area contributed by atoms with Gasteiger partial charge < -0.3 is 15.5 Å². The van der Waals surface area contributed by atoms with Gasteiger partial charge in [0.25, 0.3) is 5.91 Å². The molecule has 1 heterocycles. The highest BCUT2D eigenvalue weighted by Gasteiger charge is 2.29. The summed E-state index contributed by atoms with van der Waals surface area (Å²) in [6.45, 7) is 5.09. The summed E-state index contributed by atoms with van der Waals surface area (Å²) < 4.78 is 27.0. The van der Waals surface area contributed by atoms with Crippen LogP contribution < -0.4 is 10.6 Å². The molecule has 2 amide bonds. The molecule has 144 valence electrons. The van der Waals surface area contributed by atoms with Gasteiger partial charge in [-0.05, 0) is 32.2 Å². The van der Waals surface area contributed by atoms with Crippen molar-refractivity contribution in [3.05, 3.63) is 29.8 Å². The van der Waals surface area contributed by atoms with Crippen LogP contribution in [0.3, 0.4) is 0 Å². The molecule has 0 bridgehead atoms. The van der Waals surface area contributed by atoms with Crippen LogP contribution in [0.1, 0.15) is 24.2 Å². The fraction of sp³-hybridized carbons (Fsp3) is 0.529. The predicted molar refractivity (Wildman–Crippen MR) is 98.3 cm³/mol. The lowest BCUT2D eigenvalue weighted by Gasteiger charge is -2.33. The van der Waals surface area contributed by atoms with Crippen molar-refractivity contribution in [1.29, 1.82) is 0 Å². The highest BCUT2D eigenvalue weighted by atomic mass is 32.2. The number of likely N-dealkylation sites (N-methyl/N-ethyl adjacent to an activating group) is 1. The molecule has 1 fully saturated rings. The van der Waals surface area contributed by atoms with Gasteiger partial charge in [-0.1, -0.05) is 6.07 Å². The van der Waals surface area contributed by atoms with E-state index in [-0.39, 0.29) is 35.8 Å². The molecule has 9 heteroatoms. The van der Waals surface area contributed by atoms with Crippen LogP contribution >= 0.6 is 0 Å². The molecule has 8 nitrogen and oxygen atoms in total. The average Bonchev–Trinajstić information content (AvgIpc) is 2.65. The number of carbonyl (C=O) groups is 2. The Morgan fingerprint density at radius 1 is 1.19 bits per heavy atom. The molecule has 0 aliphatic carbocycles. The molecular weight excluding hydrogens is 356 g/mol. The minimum Gasteiger partial charge on any atom is -0.350 e. The SMILES string of the molecule is CNC(C)CNC(=O)c1cccc(S(=O)(=O)N2CCN(C(C)=O)CC2)c1. The summed E-state index contributed by atoms with van der Waals surface area (Å²) in [5.41, 5.74) is 0.303. The number of carbonyl (C=O) groups excluding carboxylic acids is 2. The zero-order valence-electron chi connectivity index (χ0n) is 15.4. The minimum absolute atomic E-state index is 0.0588. The second-order valence-corrected chi connectivity index (χ2v) is 8.28. The van der Waals surface area contributed by atoms with E-state index in [0.717, 1.165) is 0 Å². The van der Waals surface area contributed by atoms with Gasteiger partial charge in [0.05, 0.1) is 4.90 Å². The van der Waals surface area contributed by atoms with Crippen LogP contribution in [-0.2, 0) is 14.8 Å². The molecule has 0 saturated carbocycles. The van der Waals surface area contributed by atoms with Crippen molar-refractivity contribution in [3.8, 4) is 0 Å². The maximum atomic E-state index is 12.8. The van der Waals surface area contributed by atoms with Gasteiger partial charge in [0.1, 0.15) is 0 Å². The van der Waals surface area contributed by atoms with Crippen molar-refractivity contribution < 1.29 is 18.0 Å². The third-order valence-corrected chi connectivity index (χ3v) is 6.37. The lowest BCUT2D eigenvalue weighted by Crippen LogP contribution is -2.49. The van der Waals surface area contributed by atoms with Gasteiger partial charge in [-0.3, -0.25) is 9.59 Å². The molecule has 0 aromatic heterocycles. The maximum Gasteiger partial charge on any atom is 0.251 e. The molecule has 1 unspecified atom stereocenters. The van der Waals surface area contributed by atoms with E-state index < -0.39 is 10.0 Å². The largest absolute Gasteiger partial charge is 0.350 e. The number of nitrogens with zero attached hydrogens (tertiary/aromatic N) is 2. The van der Waals surface area contributed by atoms with E-state index in [0.29, 0.717) is 25.2 Å². The standard InChI is InChI=1S/C17H26N4O4S/c1-13(18-3)12-19-17(23)15-5-4-6-16(11-15)26(24,25)21-9-7-20(8-10-21)14(2)22/h4-6,11,13,18H,7-10,12H2,1-3H3,(H,19,23). The van der Waals surface area contributed by atoms with Crippen LogP contribution in [0.5, 0.6) is 0 Å². The first kappa shape index (κ1) is 20.3. The third kappa shape index (κ3) is 4.80. The zero-order chi connectivity index (χ0) is 19.3. The van der Waals surface area contributed by atoms with E-state index >= 15 is 0 Å². The van der Waals surface area contributed by atoms with Gasteiger partial charge in [0.2, 0.25) is 15.9 Å². The molecule has 1 aromatic carbocycles. The van der Waals surface area contributed by atoms with E-state index in [1.54, 1.807) is 24.1 Å². The lowest BCUT2D eigenvalue weighted by atomic mass is 10.2. The number of rotatable bonds is 6. The summed E-state index contributed by atoms with van der Waals surface area (Å²) in [6, 6.07) is 6.15. The van der Waals surface area contributed by atoms with Crippen LogP contribution in [0.25, 0.3) is 0 Å². The fourth-order valence-electron chi connectivity index (χ4n) is 2.64. The highest BCUT2D eigenvalue weighted by molar-refractivity contribution is 7.89. The quantitative estimate of drug-likeness (QED) is 0.715. The summed E-state index contributed by atoms with van der Waals surface area (Å²) in [6.07, 6.45) is 0. The molecular formula is C17H26N4O4S. The third-order valence-electron chi connectivity index (χ3n) is 4.48. The Bertz CT molecular complexity index is 758. The first-order chi connectivity index (χ1) is 12.3. The molecule has 2 rings (SSSR count). The monoisotopic (exact) mass is 382 g/mol. The summed E-state index contributed by atoms with van der Waals surface area (Å²) in [5, 5.41) is 5.79. The molecule has 1 aromatic rings. The number of amides is 2. The highest BCUT2D eigenvalue weighted by Crippen LogP contribution is 2.19. The van der Waals surface area contributed by atoms with Crippen molar-refractivity contribution >= 4 is 21.8 Å². The van der Waals surface area contributed by atoms with E-state index in [1.165, 1.54) is 23.4 Å². The molecule has 0 radical (unpaired) electrons. The summed E-state index contributed by atoms with van der Waals surface area (Å²) in [5.74, 6) is -0.373. The topological polar surface area (TPSA) is 98.8 Å². The van der Waals surface area contributed by atoms with Gasteiger partial charge in [-0.2, -0.15) is 4.31 Å². The molecule has 1 aliphatic rings. The van der Waals surface area contributed by atoms with Crippen LogP contribution in [0.4, 0.5) is 0 Å². The number of sulfonamides is 1. The van der Waals surface area contributed by atoms with Crippen LogP contribution in [0.15, 0.2) is 29.2 Å². The Labute approximate surface area is 154 Å². The van der Waals surface area contributed by atoms with Crippen molar-refractivity contribution in [3.63, 3.8) is 0 Å². The number of hydrogen-bond donors (Lipinski definition) is 2. The number of piperazine rings is 1. The Kier molecular flexibility index (Phi) is 6.74. The number of benzene rings is 1. The summed E-state index contributed by atoms with van der Waals surface area (Å²) >= 11 is 0. The molecule has 2 N–H and O–H groups in total. The Morgan fingerprint density at radius 3 is 2.42 bits per heavy atom. The molecule has 26 heavy (non-hydrogen) atoms. The van der Waals surface area contributed by atoms with E-state index in [1.807, 2.05) is 6.92 Å². The minimum atomic E-state index is -3.70. The summed E-state index contributed by atoms with van der Waals surface area (Å²) in [4.78, 5) is 25.3. The van der Waals surface area contributed by atoms with Crippen LogP contribution in [0, 0.1) is 0 Å². The van der Waals surface area contributed by atoms with E-state index in [2.05, 4.69) is 10.6 Å². The second-order valence-electron chi connectivity index (χ2n) is 6.34. The fourth-order valence-corrected chi connectivity index (χ4v) is 4.11. The van der Waals surface area contributed by atoms with Gasteiger partial charge in [0.15, 0.2) is 0 Å². The Morgan fingerprint density at radius 2 is 1.85 bits per heavy atom. The first-order valence-corrected chi connectivity index (χ1v) is 10.0. The van der Waals surface area contributed by atoms with Gasteiger partial charge in [-0.15, -0.1) is 0 Å². The van der Waals surface area contributed by atoms with Crippen LogP contribution in [0.2, 0.25) is 0 Å². The number of nitrogens with one attached hydrogen (secondary N) is 2. The van der Waals surface area contributed by atoms with Crippen molar-refractivity contribution in [1.82, 2.24) is 19.8 Å². The van der Waals surface area contributed by atoms with Crippen LogP contribution in [-0.4, -0.2) is 75.3 Å². The van der Waals surface area contributed by atoms with Crippen molar-refractivity contribution in [2.45, 2.75) is 24.8 Å². The van der Waals surface area contributed by atoms with E-state index in [9.17, 15) is 18.0 Å². The zero-order valence-corrected chi connectivity index (χ0v) is 16.2. The van der Waals surface area contributed by atoms with Gasteiger partial charge in [0, 0.05) is 51.3 Å². The van der Waals surface area contributed by atoms with E-state index in [4.69, 9.17) is 0 Å². The average molecular weight is 382 g/mol. The second kappa shape index (κ2) is 8.61. The molecule has 1 atom stereocenters. The van der Waals surface area contributed by atoms with Gasteiger partial charge >= 0.3 is 0 Å². The maximum absolute atomic E-state index is 12.8. The summed E-state index contributed by atoms with van der Waals surface area (Å²) in [7, 11) is -1.90. The molecule has 1 aliphatic heterocycles. The Hall–Kier alpha value is -1.97.